The molecule has 0 fully saturated rings. The van der Waals surface area contributed by atoms with Gasteiger partial charge in [-0.1, -0.05) is 57.0 Å². The van der Waals surface area contributed by atoms with Crippen LogP contribution >= 0.6 is 12.4 Å². The average molecular weight is 366 g/mol. The van der Waals surface area contributed by atoms with E-state index in [0.29, 0.717) is 6.54 Å². The van der Waals surface area contributed by atoms with E-state index in [0.717, 1.165) is 35.2 Å². The molecule has 2 aromatic rings. The van der Waals surface area contributed by atoms with Crippen molar-refractivity contribution in [2.45, 2.75) is 45.6 Å². The third kappa shape index (κ3) is 5.88. The Morgan fingerprint density at radius 3 is 2.24 bits per heavy atom. The normalized spacial score (nSPS) is 12.2. The van der Waals surface area contributed by atoms with Crippen LogP contribution in [0.25, 0.3) is 10.8 Å². The van der Waals surface area contributed by atoms with E-state index in [-0.39, 0.29) is 12.4 Å². The molecular formula is C21H32ClNO2. The van der Waals surface area contributed by atoms with Crippen molar-refractivity contribution in [2.75, 3.05) is 26.7 Å². The number of fused-ring (bicyclic) bond motifs is 1. The monoisotopic (exact) mass is 365 g/mol. The largest absolute Gasteiger partial charge is 0.496 e. The van der Waals surface area contributed by atoms with Gasteiger partial charge in [-0.25, -0.2) is 0 Å². The van der Waals surface area contributed by atoms with Gasteiger partial charge in [0.15, 0.2) is 0 Å². The van der Waals surface area contributed by atoms with Crippen LogP contribution in [-0.2, 0) is 0 Å². The molecule has 0 heterocycles. The lowest BCUT2D eigenvalue weighted by Gasteiger charge is -2.26. The fourth-order valence-electron chi connectivity index (χ4n) is 3.19. The predicted molar refractivity (Wildman–Crippen MR) is 109 cm³/mol. The Bertz CT molecular complexity index is 624. The minimum absolute atomic E-state index is 0. The topological polar surface area (TPSA) is 32.7 Å². The van der Waals surface area contributed by atoms with Gasteiger partial charge in [-0.3, -0.25) is 0 Å². The zero-order valence-electron chi connectivity index (χ0n) is 15.7. The fourth-order valence-corrected chi connectivity index (χ4v) is 3.19. The predicted octanol–water partition coefficient (Wildman–Crippen LogP) is 5.21. The molecule has 4 heteroatoms. The number of halogens is 1. The standard InChI is InChI=1S/C21H31NO2.ClH/c1-4-6-14-22(15-7-5-2)16-19(23)21-18-11-9-8-10-17(18)12-13-20(21)24-3;/h8-13,19,23H,4-7,14-16H2,1-3H3;1H. The van der Waals surface area contributed by atoms with Crippen LogP contribution in [-0.4, -0.2) is 36.8 Å². The maximum absolute atomic E-state index is 11.0. The molecule has 0 aromatic heterocycles. The molecule has 2 aromatic carbocycles. The van der Waals surface area contributed by atoms with Gasteiger partial charge in [0.05, 0.1) is 13.2 Å². The van der Waals surface area contributed by atoms with Crippen LogP contribution in [0, 0.1) is 0 Å². The molecule has 25 heavy (non-hydrogen) atoms. The number of rotatable bonds is 10. The molecule has 3 nitrogen and oxygen atoms in total. The van der Waals surface area contributed by atoms with Gasteiger partial charge >= 0.3 is 0 Å². The molecule has 0 saturated carbocycles. The average Bonchev–Trinajstić information content (AvgIpc) is 2.62. The zero-order valence-corrected chi connectivity index (χ0v) is 16.5. The van der Waals surface area contributed by atoms with E-state index in [2.05, 4.69) is 36.9 Å². The third-order valence-corrected chi connectivity index (χ3v) is 4.57. The summed E-state index contributed by atoms with van der Waals surface area (Å²) in [5.41, 5.74) is 0.911. The highest BCUT2D eigenvalue weighted by Crippen LogP contribution is 2.33. The maximum Gasteiger partial charge on any atom is 0.125 e. The van der Waals surface area contributed by atoms with E-state index in [1.807, 2.05) is 18.2 Å². The second-order valence-electron chi connectivity index (χ2n) is 6.43. The summed E-state index contributed by atoms with van der Waals surface area (Å²) in [6.07, 6.45) is 4.15. The molecule has 0 aliphatic heterocycles. The quantitative estimate of drug-likeness (QED) is 0.627. The number of unbranched alkanes of at least 4 members (excludes halogenated alkanes) is 2. The van der Waals surface area contributed by atoms with Crippen molar-refractivity contribution < 1.29 is 9.84 Å². The molecule has 1 unspecified atom stereocenters. The zero-order chi connectivity index (χ0) is 17.4. The highest BCUT2D eigenvalue weighted by atomic mass is 35.5. The Hall–Kier alpha value is -1.29. The number of nitrogens with zero attached hydrogens (tertiary/aromatic N) is 1. The van der Waals surface area contributed by atoms with Gasteiger partial charge in [0.25, 0.3) is 0 Å². The first-order valence-electron chi connectivity index (χ1n) is 9.17. The number of methoxy groups -OCH3 is 1. The molecule has 0 bridgehead atoms. The number of hydrogen-bond donors (Lipinski definition) is 1. The van der Waals surface area contributed by atoms with Crippen LogP contribution in [0.15, 0.2) is 36.4 Å². The van der Waals surface area contributed by atoms with Crippen molar-refractivity contribution in [3.05, 3.63) is 42.0 Å². The van der Waals surface area contributed by atoms with Gasteiger partial charge in [-0.05, 0) is 42.8 Å². The lowest BCUT2D eigenvalue weighted by molar-refractivity contribution is 0.110. The molecule has 1 atom stereocenters. The summed E-state index contributed by atoms with van der Waals surface area (Å²) in [6, 6.07) is 12.2. The van der Waals surface area contributed by atoms with Crippen LogP contribution in [0.3, 0.4) is 0 Å². The Balaban J connectivity index is 0.00000312. The van der Waals surface area contributed by atoms with Gasteiger partial charge in [-0.2, -0.15) is 0 Å². The van der Waals surface area contributed by atoms with E-state index >= 15 is 0 Å². The van der Waals surface area contributed by atoms with Crippen LogP contribution < -0.4 is 4.74 Å². The Morgan fingerprint density at radius 1 is 1.00 bits per heavy atom. The molecule has 0 aliphatic carbocycles. The maximum atomic E-state index is 11.0. The van der Waals surface area contributed by atoms with E-state index in [9.17, 15) is 5.11 Å². The van der Waals surface area contributed by atoms with Crippen LogP contribution in [0.5, 0.6) is 5.75 Å². The summed E-state index contributed by atoms with van der Waals surface area (Å²) in [4.78, 5) is 2.39. The smallest absolute Gasteiger partial charge is 0.125 e. The van der Waals surface area contributed by atoms with Crippen molar-refractivity contribution in [3.63, 3.8) is 0 Å². The van der Waals surface area contributed by atoms with E-state index in [4.69, 9.17) is 4.74 Å². The minimum atomic E-state index is -0.542. The molecule has 0 radical (unpaired) electrons. The third-order valence-electron chi connectivity index (χ3n) is 4.57. The second kappa shape index (κ2) is 11.3. The van der Waals surface area contributed by atoms with Gasteiger partial charge in [0.2, 0.25) is 0 Å². The second-order valence-corrected chi connectivity index (χ2v) is 6.43. The van der Waals surface area contributed by atoms with Gasteiger partial charge in [0, 0.05) is 12.1 Å². The Kier molecular flexibility index (Phi) is 9.88. The van der Waals surface area contributed by atoms with Gasteiger partial charge in [-0.15, -0.1) is 12.4 Å². The molecule has 0 saturated heterocycles. The van der Waals surface area contributed by atoms with E-state index < -0.39 is 6.10 Å². The first-order chi connectivity index (χ1) is 11.7. The number of ether oxygens (including phenoxy) is 1. The Labute approximate surface area is 158 Å². The Morgan fingerprint density at radius 2 is 1.64 bits per heavy atom. The van der Waals surface area contributed by atoms with Crippen molar-refractivity contribution >= 4 is 23.2 Å². The fraction of sp³-hybridized carbons (Fsp3) is 0.524. The summed E-state index contributed by atoms with van der Waals surface area (Å²) in [6.45, 7) is 7.16. The number of aliphatic hydroxyl groups excluding tert-OH is 1. The minimum Gasteiger partial charge on any atom is -0.496 e. The molecule has 1 N–H and O–H groups in total. The number of aliphatic hydroxyl groups is 1. The lowest BCUT2D eigenvalue weighted by Crippen LogP contribution is -2.31. The molecule has 2 rings (SSSR count). The van der Waals surface area contributed by atoms with Gasteiger partial charge < -0.3 is 14.7 Å². The first kappa shape index (κ1) is 21.8. The summed E-state index contributed by atoms with van der Waals surface area (Å²) in [7, 11) is 1.67. The van der Waals surface area contributed by atoms with Gasteiger partial charge in [0.1, 0.15) is 5.75 Å². The number of benzene rings is 2. The van der Waals surface area contributed by atoms with Crippen LogP contribution in [0.2, 0.25) is 0 Å². The highest BCUT2D eigenvalue weighted by Gasteiger charge is 2.19. The van der Waals surface area contributed by atoms with Crippen molar-refractivity contribution in [1.29, 1.82) is 0 Å². The summed E-state index contributed by atoms with van der Waals surface area (Å²) >= 11 is 0. The first-order valence-corrected chi connectivity index (χ1v) is 9.17. The molecule has 0 spiro atoms. The van der Waals surface area contributed by atoms with Crippen molar-refractivity contribution in [3.8, 4) is 5.75 Å². The van der Waals surface area contributed by atoms with Crippen molar-refractivity contribution in [1.82, 2.24) is 4.90 Å². The number of hydrogen-bond acceptors (Lipinski definition) is 3. The summed E-state index contributed by atoms with van der Waals surface area (Å²) < 4.78 is 5.54. The lowest BCUT2D eigenvalue weighted by atomic mass is 9.98. The molecule has 0 aliphatic rings. The van der Waals surface area contributed by atoms with E-state index in [1.165, 1.54) is 25.7 Å². The summed E-state index contributed by atoms with van der Waals surface area (Å²) in [5.74, 6) is 0.770. The molecule has 0 amide bonds. The van der Waals surface area contributed by atoms with E-state index in [1.54, 1.807) is 7.11 Å². The van der Waals surface area contributed by atoms with Crippen molar-refractivity contribution in [2.24, 2.45) is 0 Å². The summed E-state index contributed by atoms with van der Waals surface area (Å²) in [5, 5.41) is 13.2. The van der Waals surface area contributed by atoms with Crippen LogP contribution in [0.1, 0.15) is 51.2 Å². The van der Waals surface area contributed by atoms with Crippen LogP contribution in [0.4, 0.5) is 0 Å². The molecular weight excluding hydrogens is 334 g/mol. The SMILES string of the molecule is CCCCN(CCCC)CC(O)c1c(OC)ccc2ccccc12.Cl. The molecule has 140 valence electrons. The highest BCUT2D eigenvalue weighted by molar-refractivity contribution is 5.88.